The number of aryl methyl sites for hydroxylation is 1. The van der Waals surface area contributed by atoms with Gasteiger partial charge < -0.3 is 15.0 Å². The molecule has 1 aliphatic heterocycles. The van der Waals surface area contributed by atoms with Gasteiger partial charge in [0.05, 0.1) is 31.4 Å². The van der Waals surface area contributed by atoms with Gasteiger partial charge in [0.1, 0.15) is 4.83 Å². The molecule has 7 nitrogen and oxygen atoms in total. The number of nitrogens with one attached hydrogen (secondary N) is 1. The number of anilines is 1. The number of nitrogens with zero attached hydrogens (tertiary/aromatic N) is 3. The van der Waals surface area contributed by atoms with Crippen molar-refractivity contribution < 1.29 is 9.53 Å². The van der Waals surface area contributed by atoms with Crippen LogP contribution in [0.15, 0.2) is 35.4 Å². The Kier molecular flexibility index (Phi) is 5.15. The summed E-state index contributed by atoms with van der Waals surface area (Å²) in [4.78, 5) is 33.5. The fraction of sp³-hybridized carbons (Fsp3) is 0.350. The van der Waals surface area contributed by atoms with Gasteiger partial charge in [-0.2, -0.15) is 0 Å². The largest absolute Gasteiger partial charge is 0.383 e. The van der Waals surface area contributed by atoms with Gasteiger partial charge in [0.25, 0.3) is 5.56 Å². The van der Waals surface area contributed by atoms with Crippen LogP contribution in [0.2, 0.25) is 0 Å². The smallest absolute Gasteiger partial charge is 0.322 e. The minimum atomic E-state index is -0.126. The van der Waals surface area contributed by atoms with Crippen molar-refractivity contribution in [2.75, 3.05) is 25.6 Å². The molecule has 2 aromatic heterocycles. The predicted molar refractivity (Wildman–Crippen MR) is 110 cm³/mol. The monoisotopic (exact) mass is 398 g/mol. The lowest BCUT2D eigenvalue weighted by Crippen LogP contribution is -2.38. The first-order chi connectivity index (χ1) is 13.6. The van der Waals surface area contributed by atoms with E-state index in [2.05, 4.69) is 10.3 Å². The van der Waals surface area contributed by atoms with Gasteiger partial charge in [-0.05, 0) is 36.6 Å². The van der Waals surface area contributed by atoms with Crippen LogP contribution in [-0.2, 0) is 24.2 Å². The van der Waals surface area contributed by atoms with Crippen molar-refractivity contribution >= 4 is 33.3 Å². The fourth-order valence-corrected chi connectivity index (χ4v) is 4.66. The Morgan fingerprint density at radius 1 is 1.39 bits per heavy atom. The molecule has 0 spiro atoms. The molecule has 28 heavy (non-hydrogen) atoms. The SMILES string of the molecule is COCCn1cnc2sc3c(c2c1=O)CCN(C(=O)Nc1cccc(C)c1)C3. The maximum absolute atomic E-state index is 12.8. The lowest BCUT2D eigenvalue weighted by molar-refractivity contribution is 0.186. The van der Waals surface area contributed by atoms with Gasteiger partial charge in [-0.3, -0.25) is 9.36 Å². The molecule has 1 N–H and O–H groups in total. The maximum Gasteiger partial charge on any atom is 0.322 e. The average molecular weight is 398 g/mol. The minimum absolute atomic E-state index is 0.0304. The highest BCUT2D eigenvalue weighted by Crippen LogP contribution is 2.32. The Morgan fingerprint density at radius 3 is 3.04 bits per heavy atom. The first-order valence-corrected chi connectivity index (χ1v) is 9.99. The number of aromatic nitrogens is 2. The summed E-state index contributed by atoms with van der Waals surface area (Å²) < 4.78 is 6.66. The molecule has 1 aromatic carbocycles. The summed E-state index contributed by atoms with van der Waals surface area (Å²) >= 11 is 1.50. The highest BCUT2D eigenvalue weighted by Gasteiger charge is 2.26. The molecule has 0 atom stereocenters. The molecule has 0 aliphatic carbocycles. The number of thiophene rings is 1. The minimum Gasteiger partial charge on any atom is -0.383 e. The van der Waals surface area contributed by atoms with Gasteiger partial charge in [-0.1, -0.05) is 12.1 Å². The summed E-state index contributed by atoms with van der Waals surface area (Å²) in [7, 11) is 1.61. The van der Waals surface area contributed by atoms with Crippen LogP contribution in [0.4, 0.5) is 10.5 Å². The molecular weight excluding hydrogens is 376 g/mol. The molecular formula is C20H22N4O3S. The zero-order chi connectivity index (χ0) is 19.7. The third-order valence-electron chi connectivity index (χ3n) is 4.92. The summed E-state index contributed by atoms with van der Waals surface area (Å²) in [5, 5.41) is 3.65. The lowest BCUT2D eigenvalue weighted by Gasteiger charge is -2.27. The molecule has 0 unspecified atom stereocenters. The van der Waals surface area contributed by atoms with Crippen molar-refractivity contribution in [3.63, 3.8) is 0 Å². The first-order valence-electron chi connectivity index (χ1n) is 9.18. The van der Waals surface area contributed by atoms with E-state index in [1.165, 1.54) is 11.3 Å². The van der Waals surface area contributed by atoms with Gasteiger partial charge in [0.15, 0.2) is 0 Å². The van der Waals surface area contributed by atoms with E-state index in [1.54, 1.807) is 22.9 Å². The molecule has 1 aliphatic rings. The van der Waals surface area contributed by atoms with E-state index in [9.17, 15) is 9.59 Å². The predicted octanol–water partition coefficient (Wildman–Crippen LogP) is 3.00. The number of carbonyl (C=O) groups is 1. The summed E-state index contributed by atoms with van der Waals surface area (Å²) in [6.07, 6.45) is 2.23. The van der Waals surface area contributed by atoms with E-state index in [0.717, 1.165) is 26.5 Å². The third kappa shape index (κ3) is 3.53. The number of amides is 2. The zero-order valence-electron chi connectivity index (χ0n) is 15.9. The Hall–Kier alpha value is -2.71. The summed E-state index contributed by atoms with van der Waals surface area (Å²) in [6.45, 7) is 4.00. The molecule has 3 aromatic rings. The van der Waals surface area contributed by atoms with E-state index in [-0.39, 0.29) is 11.6 Å². The van der Waals surface area contributed by atoms with E-state index in [4.69, 9.17) is 4.74 Å². The Morgan fingerprint density at radius 2 is 2.25 bits per heavy atom. The second-order valence-corrected chi connectivity index (χ2v) is 7.97. The highest BCUT2D eigenvalue weighted by molar-refractivity contribution is 7.18. The third-order valence-corrected chi connectivity index (χ3v) is 6.05. The second-order valence-electron chi connectivity index (χ2n) is 6.89. The Labute approximate surface area is 166 Å². The van der Waals surface area contributed by atoms with Crippen LogP contribution >= 0.6 is 11.3 Å². The molecule has 146 valence electrons. The molecule has 0 fully saturated rings. The molecule has 4 rings (SSSR count). The van der Waals surface area contributed by atoms with Crippen molar-refractivity contribution in [1.82, 2.24) is 14.5 Å². The van der Waals surface area contributed by atoms with Gasteiger partial charge >= 0.3 is 6.03 Å². The van der Waals surface area contributed by atoms with Crippen LogP contribution in [0, 0.1) is 6.92 Å². The van der Waals surface area contributed by atoms with E-state index >= 15 is 0 Å². The van der Waals surface area contributed by atoms with Gasteiger partial charge in [0.2, 0.25) is 0 Å². The number of urea groups is 1. The van der Waals surface area contributed by atoms with Gasteiger partial charge in [-0.25, -0.2) is 9.78 Å². The summed E-state index contributed by atoms with van der Waals surface area (Å²) in [6, 6.07) is 7.61. The summed E-state index contributed by atoms with van der Waals surface area (Å²) in [5.74, 6) is 0. The number of methoxy groups -OCH3 is 1. The van der Waals surface area contributed by atoms with Crippen molar-refractivity contribution in [3.05, 3.63) is 57.0 Å². The lowest BCUT2D eigenvalue weighted by atomic mass is 10.1. The van der Waals surface area contributed by atoms with Crippen LogP contribution in [0.1, 0.15) is 16.0 Å². The van der Waals surface area contributed by atoms with Crippen LogP contribution < -0.4 is 10.9 Å². The molecule has 0 saturated carbocycles. The van der Waals surface area contributed by atoms with E-state index in [1.807, 2.05) is 31.2 Å². The molecule has 8 heteroatoms. The number of ether oxygens (including phenoxy) is 1. The first kappa shape index (κ1) is 18.6. The average Bonchev–Trinajstić information content (AvgIpc) is 3.06. The topological polar surface area (TPSA) is 76.5 Å². The number of fused-ring (bicyclic) bond motifs is 3. The number of benzene rings is 1. The van der Waals surface area contributed by atoms with Crippen LogP contribution in [-0.4, -0.2) is 40.7 Å². The van der Waals surface area contributed by atoms with Crippen LogP contribution in [0.25, 0.3) is 10.2 Å². The highest BCUT2D eigenvalue weighted by atomic mass is 32.1. The van der Waals surface area contributed by atoms with Crippen LogP contribution in [0.3, 0.4) is 0 Å². The standard InChI is InChI=1S/C20H22N4O3S/c1-13-4-3-5-14(10-13)22-20(26)23-7-6-15-16(11-23)28-18-17(15)19(25)24(12-21-18)8-9-27-2/h3-5,10,12H,6-9,11H2,1-2H3,(H,22,26). The number of rotatable bonds is 4. The van der Waals surface area contributed by atoms with Crippen molar-refractivity contribution in [3.8, 4) is 0 Å². The van der Waals surface area contributed by atoms with Crippen molar-refractivity contribution in [1.29, 1.82) is 0 Å². The van der Waals surface area contributed by atoms with Crippen molar-refractivity contribution in [2.45, 2.75) is 26.4 Å². The fourth-order valence-electron chi connectivity index (χ4n) is 3.47. The normalized spacial score (nSPS) is 13.6. The number of hydrogen-bond acceptors (Lipinski definition) is 5. The van der Waals surface area contributed by atoms with Crippen molar-refractivity contribution in [2.24, 2.45) is 0 Å². The summed E-state index contributed by atoms with van der Waals surface area (Å²) in [5.41, 5.74) is 2.88. The van der Waals surface area contributed by atoms with E-state index < -0.39 is 0 Å². The van der Waals surface area contributed by atoms with E-state index in [0.29, 0.717) is 38.0 Å². The molecule has 2 amide bonds. The Bertz CT molecular complexity index is 1090. The molecule has 0 radical (unpaired) electrons. The number of hydrogen-bond donors (Lipinski definition) is 1. The number of carbonyl (C=O) groups excluding carboxylic acids is 1. The zero-order valence-corrected chi connectivity index (χ0v) is 16.7. The molecule has 3 heterocycles. The van der Waals surface area contributed by atoms with Gasteiger partial charge in [-0.15, -0.1) is 11.3 Å². The van der Waals surface area contributed by atoms with Gasteiger partial charge in [0, 0.05) is 24.2 Å². The maximum atomic E-state index is 12.8. The van der Waals surface area contributed by atoms with Crippen LogP contribution in [0.5, 0.6) is 0 Å². The Balaban J connectivity index is 1.57. The molecule has 0 bridgehead atoms. The molecule has 0 saturated heterocycles. The second kappa shape index (κ2) is 7.73. The quantitative estimate of drug-likeness (QED) is 0.733.